The molecule has 0 saturated carbocycles. The van der Waals surface area contributed by atoms with E-state index in [1.165, 1.54) is 0 Å². The molecule has 244 valence electrons. The molecule has 13 heteroatoms. The maximum Gasteiger partial charge on any atom is 0.333 e. The number of halogens is 2. The quantitative estimate of drug-likeness (QED) is 0.223. The van der Waals surface area contributed by atoms with Crippen LogP contribution < -0.4 is 15.5 Å². The van der Waals surface area contributed by atoms with Crippen LogP contribution in [0, 0.1) is 6.92 Å². The van der Waals surface area contributed by atoms with Crippen LogP contribution in [0.4, 0.5) is 10.5 Å². The van der Waals surface area contributed by atoms with Crippen LogP contribution in [0.25, 0.3) is 22.5 Å². The fraction of sp³-hybridized carbons (Fsp3) is 0.469. The minimum atomic E-state index is -0.394. The molecule has 2 amide bonds. The number of carbonyl (C=O) groups is 2. The summed E-state index contributed by atoms with van der Waals surface area (Å²) in [5.41, 5.74) is 8.12. The van der Waals surface area contributed by atoms with Gasteiger partial charge in [0, 0.05) is 63.0 Å². The number of carbonyl (C=O) groups excluding carboxylic acids is 2. The van der Waals surface area contributed by atoms with E-state index in [4.69, 9.17) is 9.47 Å². The van der Waals surface area contributed by atoms with Gasteiger partial charge in [0.25, 0.3) is 0 Å². The number of H-pyrrole nitrogens is 1. The highest BCUT2D eigenvalue weighted by Crippen LogP contribution is 2.43. The summed E-state index contributed by atoms with van der Waals surface area (Å²) < 4.78 is 11.4. The Morgan fingerprint density at radius 1 is 1.02 bits per heavy atom. The molecule has 1 aliphatic carbocycles. The number of rotatable bonds is 9. The summed E-state index contributed by atoms with van der Waals surface area (Å²) in [6.07, 6.45) is 0.976. The van der Waals surface area contributed by atoms with Gasteiger partial charge in [-0.2, -0.15) is 5.10 Å². The first kappa shape index (κ1) is 34.7. The molecule has 3 N–H and O–H groups in total. The van der Waals surface area contributed by atoms with Crippen molar-refractivity contribution in [3.05, 3.63) is 53.1 Å². The average molecular weight is 661 g/mol. The summed E-state index contributed by atoms with van der Waals surface area (Å²) in [6, 6.07) is 11.6. The Labute approximate surface area is 276 Å². The van der Waals surface area contributed by atoms with Crippen molar-refractivity contribution >= 4 is 42.3 Å². The number of hydrazine groups is 1. The van der Waals surface area contributed by atoms with Crippen molar-refractivity contribution in [3.8, 4) is 28.3 Å². The van der Waals surface area contributed by atoms with Gasteiger partial charge in [-0.1, -0.05) is 12.1 Å². The van der Waals surface area contributed by atoms with E-state index in [1.807, 2.05) is 37.3 Å². The Hall–Kier alpha value is -3.19. The predicted octanol–water partition coefficient (Wildman–Crippen LogP) is 4.60. The Kier molecular flexibility index (Phi) is 11.9. The molecule has 2 saturated heterocycles. The highest BCUT2D eigenvalue weighted by Gasteiger charge is 2.35. The number of fused-ring (bicyclic) bond motifs is 3. The van der Waals surface area contributed by atoms with Crippen molar-refractivity contribution in [3.63, 3.8) is 0 Å². The van der Waals surface area contributed by atoms with E-state index in [1.54, 1.807) is 11.1 Å². The summed E-state index contributed by atoms with van der Waals surface area (Å²) in [5.74, 6) is 0.652. The molecule has 11 nitrogen and oxygen atoms in total. The molecular weight excluding hydrogens is 617 g/mol. The smallest absolute Gasteiger partial charge is 0.333 e. The van der Waals surface area contributed by atoms with Gasteiger partial charge in [0.05, 0.1) is 42.3 Å². The van der Waals surface area contributed by atoms with Crippen LogP contribution in [0.3, 0.4) is 0 Å². The van der Waals surface area contributed by atoms with Gasteiger partial charge in [0.1, 0.15) is 11.4 Å². The third kappa shape index (κ3) is 7.62. The minimum Gasteiger partial charge on any atom is -0.494 e. The number of benzene rings is 2. The Morgan fingerprint density at radius 3 is 2.49 bits per heavy atom. The van der Waals surface area contributed by atoms with Crippen LogP contribution in [0.2, 0.25) is 0 Å². The zero-order chi connectivity index (χ0) is 29.9. The predicted molar refractivity (Wildman–Crippen MR) is 180 cm³/mol. The van der Waals surface area contributed by atoms with Crippen molar-refractivity contribution in [2.24, 2.45) is 0 Å². The zero-order valence-corrected chi connectivity index (χ0v) is 27.7. The van der Waals surface area contributed by atoms with Gasteiger partial charge >= 0.3 is 6.03 Å². The second-order valence-electron chi connectivity index (χ2n) is 11.7. The fourth-order valence-corrected chi connectivity index (χ4v) is 6.13. The third-order valence-electron chi connectivity index (χ3n) is 8.55. The van der Waals surface area contributed by atoms with Crippen LogP contribution in [0.15, 0.2) is 36.4 Å². The Balaban J connectivity index is 0.00000230. The molecule has 0 bridgehead atoms. The van der Waals surface area contributed by atoms with Crippen molar-refractivity contribution in [2.75, 3.05) is 71.0 Å². The second-order valence-corrected chi connectivity index (χ2v) is 11.7. The molecule has 0 spiro atoms. The number of ether oxygens (including phenoxy) is 2. The molecule has 3 aliphatic rings. The normalized spacial score (nSPS) is 16.8. The summed E-state index contributed by atoms with van der Waals surface area (Å²) in [4.78, 5) is 31.5. The first-order chi connectivity index (χ1) is 20.9. The van der Waals surface area contributed by atoms with E-state index in [-0.39, 0.29) is 30.6 Å². The topological polar surface area (TPSA) is 115 Å². The van der Waals surface area contributed by atoms with Gasteiger partial charge in [0.2, 0.25) is 0 Å². The number of urea groups is 1. The Bertz CT molecular complexity index is 1480. The summed E-state index contributed by atoms with van der Waals surface area (Å²) >= 11 is 0. The molecule has 3 heterocycles. The SMILES string of the molecule is Cc1cc(OCCCN2CCN(C(C)C)CC2)ccc1-c1[nH]nc2c1C(=O)c1c(NC(=O)NN3CCOCC3)cccc1-2.Cl.Cl. The lowest BCUT2D eigenvalue weighted by atomic mass is 10.00. The standard InChI is InChI=1S/C32H41N7O4.2ClH/c1-21(2)38-13-11-37(12-14-38)10-5-17-43-23-8-9-24(22(3)20-23)29-28-30(35-34-29)25-6-4-7-26(27(25)31(28)40)33-32(41)36-39-15-18-42-19-16-39;;/h4,6-9,20-21H,5,10-19H2,1-3H3,(H,34,35)(H2,33,36,41);2*1H. The average Bonchev–Trinajstić information content (AvgIpc) is 3.56. The number of ketones is 1. The highest BCUT2D eigenvalue weighted by molar-refractivity contribution is 6.27. The lowest BCUT2D eigenvalue weighted by molar-refractivity contribution is 0.0207. The number of hydrogen-bond acceptors (Lipinski definition) is 8. The van der Waals surface area contributed by atoms with Crippen LogP contribution in [0.5, 0.6) is 5.75 Å². The fourth-order valence-electron chi connectivity index (χ4n) is 6.13. The number of hydrogen-bond donors (Lipinski definition) is 3. The number of aromatic amines is 1. The number of aromatic nitrogens is 2. The maximum atomic E-state index is 13.8. The van der Waals surface area contributed by atoms with Gasteiger partial charge in [0.15, 0.2) is 5.78 Å². The van der Waals surface area contributed by atoms with Crippen molar-refractivity contribution in [1.29, 1.82) is 0 Å². The zero-order valence-electron chi connectivity index (χ0n) is 26.1. The van der Waals surface area contributed by atoms with E-state index in [0.717, 1.165) is 56.0 Å². The van der Waals surface area contributed by atoms with Gasteiger partial charge in [-0.15, -0.1) is 24.8 Å². The number of aryl methyl sites for hydroxylation is 1. The lowest BCUT2D eigenvalue weighted by Crippen LogP contribution is -2.49. The largest absolute Gasteiger partial charge is 0.494 e. The first-order valence-corrected chi connectivity index (χ1v) is 15.3. The van der Waals surface area contributed by atoms with Gasteiger partial charge in [-0.3, -0.25) is 20.2 Å². The van der Waals surface area contributed by atoms with E-state index in [0.29, 0.717) is 72.7 Å². The lowest BCUT2D eigenvalue weighted by Gasteiger charge is -2.36. The highest BCUT2D eigenvalue weighted by atomic mass is 35.5. The molecule has 0 atom stereocenters. The van der Waals surface area contributed by atoms with Crippen molar-refractivity contribution in [1.82, 2.24) is 30.4 Å². The minimum absolute atomic E-state index is 0. The van der Waals surface area contributed by atoms with Crippen LogP contribution in [0.1, 0.15) is 41.8 Å². The van der Waals surface area contributed by atoms with E-state index < -0.39 is 6.03 Å². The number of morpholine rings is 1. The molecule has 6 rings (SSSR count). The monoisotopic (exact) mass is 659 g/mol. The summed E-state index contributed by atoms with van der Waals surface area (Å²) in [7, 11) is 0. The summed E-state index contributed by atoms with van der Waals surface area (Å²) in [6.45, 7) is 15.1. The second kappa shape index (κ2) is 15.4. The number of anilines is 1. The van der Waals surface area contributed by atoms with E-state index >= 15 is 0 Å². The number of piperazine rings is 1. The van der Waals surface area contributed by atoms with Gasteiger partial charge in [-0.25, -0.2) is 9.80 Å². The van der Waals surface area contributed by atoms with Gasteiger partial charge in [-0.05, 0) is 57.0 Å². The molecule has 2 aliphatic heterocycles. The van der Waals surface area contributed by atoms with Gasteiger partial charge < -0.3 is 19.7 Å². The van der Waals surface area contributed by atoms with E-state index in [9.17, 15) is 9.59 Å². The molecule has 0 unspecified atom stereocenters. The molecule has 0 radical (unpaired) electrons. The van der Waals surface area contributed by atoms with Crippen molar-refractivity contribution < 1.29 is 19.1 Å². The maximum absolute atomic E-state index is 13.8. The number of amides is 2. The number of nitrogens with zero attached hydrogens (tertiary/aromatic N) is 4. The Morgan fingerprint density at radius 2 is 1.78 bits per heavy atom. The first-order valence-electron chi connectivity index (χ1n) is 15.3. The molecule has 1 aromatic heterocycles. The van der Waals surface area contributed by atoms with Crippen LogP contribution in [-0.2, 0) is 4.74 Å². The molecule has 2 fully saturated rings. The molecule has 45 heavy (non-hydrogen) atoms. The third-order valence-corrected chi connectivity index (χ3v) is 8.55. The molecule has 2 aromatic carbocycles. The molecular formula is C32H43Cl2N7O4. The molecule has 3 aromatic rings. The van der Waals surface area contributed by atoms with Crippen LogP contribution in [-0.4, -0.2) is 108 Å². The summed E-state index contributed by atoms with van der Waals surface area (Å²) in [5, 5.41) is 12.3. The van der Waals surface area contributed by atoms with Crippen molar-refractivity contribution in [2.45, 2.75) is 33.2 Å². The van der Waals surface area contributed by atoms with Crippen LogP contribution >= 0.6 is 24.8 Å². The van der Waals surface area contributed by atoms with E-state index in [2.05, 4.69) is 44.6 Å². The number of nitrogens with one attached hydrogen (secondary N) is 3.